The average Bonchev–Trinajstić information content (AvgIpc) is 2.05. The summed E-state index contributed by atoms with van der Waals surface area (Å²) in [7, 11) is 0. The minimum Gasteiger partial charge on any atom is -0.385 e. The molecular weight excluding hydrogens is 218 g/mol. The van der Waals surface area contributed by atoms with Crippen molar-refractivity contribution in [3.05, 3.63) is 22.9 Å². The monoisotopic (exact) mass is 229 g/mol. The smallest absolute Gasteiger partial charge is 0.108 e. The van der Waals surface area contributed by atoms with Crippen molar-refractivity contribution < 1.29 is 0 Å². The van der Waals surface area contributed by atoms with E-state index in [0.29, 0.717) is 0 Å². The summed E-state index contributed by atoms with van der Waals surface area (Å²) in [4.78, 5) is 4.02. The lowest BCUT2D eigenvalue weighted by Gasteiger charge is -2.04. The Kier molecular flexibility index (Phi) is 4.04. The first-order valence-electron chi connectivity index (χ1n) is 3.88. The van der Waals surface area contributed by atoms with E-state index < -0.39 is 0 Å². The largest absolute Gasteiger partial charge is 0.385 e. The lowest BCUT2D eigenvalue weighted by molar-refractivity contribution is 0.874. The van der Waals surface area contributed by atoms with Crippen LogP contribution in [0.1, 0.15) is 6.42 Å². The molecule has 0 radical (unpaired) electrons. The highest BCUT2D eigenvalue weighted by atomic mass is 79.9. The second-order valence-electron chi connectivity index (χ2n) is 2.44. The van der Waals surface area contributed by atoms with Gasteiger partial charge in [-0.2, -0.15) is 0 Å². The molecule has 12 heavy (non-hydrogen) atoms. The number of hydrogen-bond donors (Lipinski definition) is 2. The minimum atomic E-state index is 0.721. The van der Waals surface area contributed by atoms with Crippen LogP contribution < -0.4 is 11.1 Å². The molecule has 1 heterocycles. The zero-order valence-electron chi connectivity index (χ0n) is 6.76. The Morgan fingerprint density at radius 1 is 1.58 bits per heavy atom. The summed E-state index contributed by atoms with van der Waals surface area (Å²) in [6.07, 6.45) is 2.74. The molecule has 1 aromatic rings. The predicted molar refractivity (Wildman–Crippen MR) is 54.1 cm³/mol. The molecule has 66 valence electrons. The van der Waals surface area contributed by atoms with Crippen LogP contribution in [-0.2, 0) is 0 Å². The molecule has 0 fully saturated rings. The summed E-state index contributed by atoms with van der Waals surface area (Å²) in [6.45, 7) is 1.63. The second kappa shape index (κ2) is 5.11. The van der Waals surface area contributed by atoms with Crippen LogP contribution in [-0.4, -0.2) is 18.1 Å². The first-order chi connectivity index (χ1) is 5.83. The molecule has 0 aliphatic heterocycles. The van der Waals surface area contributed by atoms with Crippen molar-refractivity contribution in [1.82, 2.24) is 4.98 Å². The van der Waals surface area contributed by atoms with E-state index in [1.165, 1.54) is 0 Å². The van der Waals surface area contributed by atoms with Crippen LogP contribution in [0, 0.1) is 0 Å². The van der Waals surface area contributed by atoms with Gasteiger partial charge in [0.1, 0.15) is 4.60 Å². The first-order valence-corrected chi connectivity index (χ1v) is 4.67. The van der Waals surface area contributed by atoms with Crippen molar-refractivity contribution in [1.29, 1.82) is 0 Å². The minimum absolute atomic E-state index is 0.721. The quantitative estimate of drug-likeness (QED) is 0.610. The van der Waals surface area contributed by atoms with Crippen LogP contribution in [0.2, 0.25) is 0 Å². The highest BCUT2D eigenvalue weighted by Crippen LogP contribution is 2.11. The number of nitrogens with one attached hydrogen (secondary N) is 1. The molecule has 0 atom stereocenters. The number of anilines is 1. The van der Waals surface area contributed by atoms with Crippen molar-refractivity contribution in [3.63, 3.8) is 0 Å². The zero-order valence-corrected chi connectivity index (χ0v) is 8.34. The maximum absolute atomic E-state index is 5.36. The highest BCUT2D eigenvalue weighted by molar-refractivity contribution is 9.10. The Morgan fingerprint density at radius 2 is 2.42 bits per heavy atom. The Balaban J connectivity index is 2.41. The second-order valence-corrected chi connectivity index (χ2v) is 3.25. The molecule has 0 aliphatic rings. The third kappa shape index (κ3) is 3.19. The first kappa shape index (κ1) is 9.48. The number of halogens is 1. The summed E-state index contributed by atoms with van der Waals surface area (Å²) < 4.78 is 0.847. The third-order valence-corrected chi connectivity index (χ3v) is 1.87. The number of nitrogens with zero attached hydrogens (tertiary/aromatic N) is 1. The molecule has 0 amide bonds. The van der Waals surface area contributed by atoms with Crippen molar-refractivity contribution in [2.75, 3.05) is 18.4 Å². The van der Waals surface area contributed by atoms with E-state index in [0.717, 1.165) is 29.8 Å². The van der Waals surface area contributed by atoms with Crippen molar-refractivity contribution in [2.45, 2.75) is 6.42 Å². The number of pyridine rings is 1. The molecule has 0 saturated heterocycles. The SMILES string of the molecule is NCCCNc1ccnc(Br)c1. The number of rotatable bonds is 4. The molecule has 0 saturated carbocycles. The average molecular weight is 230 g/mol. The van der Waals surface area contributed by atoms with E-state index >= 15 is 0 Å². The molecule has 1 rings (SSSR count). The lowest BCUT2D eigenvalue weighted by atomic mass is 10.3. The molecule has 1 aromatic heterocycles. The molecule has 3 N–H and O–H groups in total. The molecular formula is C8H12BrN3. The maximum atomic E-state index is 5.36. The fourth-order valence-corrected chi connectivity index (χ4v) is 1.21. The Hall–Kier alpha value is -0.610. The molecule has 3 nitrogen and oxygen atoms in total. The van der Waals surface area contributed by atoms with Gasteiger partial charge >= 0.3 is 0 Å². The fraction of sp³-hybridized carbons (Fsp3) is 0.375. The topological polar surface area (TPSA) is 50.9 Å². The van der Waals surface area contributed by atoms with E-state index in [1.54, 1.807) is 6.20 Å². The summed E-state index contributed by atoms with van der Waals surface area (Å²) >= 11 is 3.30. The van der Waals surface area contributed by atoms with Gasteiger partial charge in [0.25, 0.3) is 0 Å². The van der Waals surface area contributed by atoms with E-state index in [-0.39, 0.29) is 0 Å². The Morgan fingerprint density at radius 3 is 3.08 bits per heavy atom. The van der Waals surface area contributed by atoms with Crippen molar-refractivity contribution in [2.24, 2.45) is 5.73 Å². The predicted octanol–water partition coefficient (Wildman–Crippen LogP) is 1.60. The van der Waals surface area contributed by atoms with Crippen LogP contribution in [0.4, 0.5) is 5.69 Å². The Bertz CT molecular complexity index is 239. The molecule has 4 heteroatoms. The van der Waals surface area contributed by atoms with Crippen LogP contribution in [0.15, 0.2) is 22.9 Å². The van der Waals surface area contributed by atoms with Gasteiger partial charge in [-0.15, -0.1) is 0 Å². The highest BCUT2D eigenvalue weighted by Gasteiger charge is 1.91. The summed E-state index contributed by atoms with van der Waals surface area (Å²) in [5, 5.41) is 3.24. The van der Waals surface area contributed by atoms with Crippen molar-refractivity contribution in [3.8, 4) is 0 Å². The number of nitrogens with two attached hydrogens (primary N) is 1. The maximum Gasteiger partial charge on any atom is 0.108 e. The van der Waals surface area contributed by atoms with E-state index in [1.807, 2.05) is 12.1 Å². The van der Waals surface area contributed by atoms with Gasteiger partial charge in [0, 0.05) is 18.4 Å². The van der Waals surface area contributed by atoms with Crippen LogP contribution in [0.5, 0.6) is 0 Å². The van der Waals surface area contributed by atoms with Gasteiger partial charge in [0.2, 0.25) is 0 Å². The zero-order chi connectivity index (χ0) is 8.81. The standard InChI is InChI=1S/C8H12BrN3/c9-8-6-7(2-5-12-8)11-4-1-3-10/h2,5-6H,1,3-4,10H2,(H,11,12). The van der Waals surface area contributed by atoms with E-state index in [4.69, 9.17) is 5.73 Å². The molecule has 0 aromatic carbocycles. The summed E-state index contributed by atoms with van der Waals surface area (Å²) in [6, 6.07) is 3.87. The van der Waals surface area contributed by atoms with Gasteiger partial charge in [0.05, 0.1) is 0 Å². The third-order valence-electron chi connectivity index (χ3n) is 1.44. The van der Waals surface area contributed by atoms with Gasteiger partial charge < -0.3 is 11.1 Å². The van der Waals surface area contributed by atoms with E-state index in [9.17, 15) is 0 Å². The molecule has 0 unspecified atom stereocenters. The molecule has 0 spiro atoms. The summed E-state index contributed by atoms with van der Waals surface area (Å²) in [5.41, 5.74) is 6.44. The van der Waals surface area contributed by atoms with Crippen molar-refractivity contribution >= 4 is 21.6 Å². The fourth-order valence-electron chi connectivity index (χ4n) is 0.847. The van der Waals surface area contributed by atoms with E-state index in [2.05, 4.69) is 26.2 Å². The van der Waals surface area contributed by atoms with Gasteiger partial charge in [-0.3, -0.25) is 0 Å². The molecule has 0 bridgehead atoms. The lowest BCUT2D eigenvalue weighted by Crippen LogP contribution is -2.08. The van der Waals surface area contributed by atoms with Gasteiger partial charge in [-0.05, 0) is 41.0 Å². The van der Waals surface area contributed by atoms with Gasteiger partial charge in [0.15, 0.2) is 0 Å². The Labute approximate surface area is 80.5 Å². The van der Waals surface area contributed by atoms with Gasteiger partial charge in [-0.25, -0.2) is 4.98 Å². The molecule has 0 aliphatic carbocycles. The number of aromatic nitrogens is 1. The van der Waals surface area contributed by atoms with Crippen LogP contribution in [0.25, 0.3) is 0 Å². The van der Waals surface area contributed by atoms with Crippen LogP contribution in [0.3, 0.4) is 0 Å². The van der Waals surface area contributed by atoms with Crippen LogP contribution >= 0.6 is 15.9 Å². The number of hydrogen-bond acceptors (Lipinski definition) is 3. The van der Waals surface area contributed by atoms with Gasteiger partial charge in [-0.1, -0.05) is 0 Å². The normalized spacial score (nSPS) is 9.83. The summed E-state index contributed by atoms with van der Waals surface area (Å²) in [5.74, 6) is 0.